The van der Waals surface area contributed by atoms with Gasteiger partial charge in [-0.15, -0.1) is 5.10 Å². The van der Waals surface area contributed by atoms with Gasteiger partial charge in [0.05, 0.1) is 17.2 Å². The number of fused-ring (bicyclic) bond motifs is 1. The summed E-state index contributed by atoms with van der Waals surface area (Å²) < 4.78 is 66.0. The van der Waals surface area contributed by atoms with Crippen LogP contribution in [0.15, 0.2) is 24.4 Å². The van der Waals surface area contributed by atoms with E-state index in [1.165, 1.54) is 12.3 Å². The van der Waals surface area contributed by atoms with E-state index in [4.69, 9.17) is 0 Å². The van der Waals surface area contributed by atoms with Gasteiger partial charge < -0.3 is 9.88 Å². The predicted molar refractivity (Wildman–Crippen MR) is 83.5 cm³/mol. The summed E-state index contributed by atoms with van der Waals surface area (Å²) in [5, 5.41) is 9.48. The monoisotopic (exact) mass is 369 g/mol. The summed E-state index contributed by atoms with van der Waals surface area (Å²) in [6.45, 7) is -1.25. The van der Waals surface area contributed by atoms with Crippen molar-refractivity contribution in [2.24, 2.45) is 0 Å². The molecule has 0 unspecified atom stereocenters. The Bertz CT molecular complexity index is 977. The minimum Gasteiger partial charge on any atom is -0.360 e. The molecule has 1 saturated carbocycles. The fraction of sp³-hybridized carbons (Fsp3) is 0.312. The van der Waals surface area contributed by atoms with Gasteiger partial charge in [0.1, 0.15) is 18.2 Å². The first-order valence-electron chi connectivity index (χ1n) is 7.82. The number of nitrogens with zero attached hydrogens (tertiary/aromatic N) is 4. The summed E-state index contributed by atoms with van der Waals surface area (Å²) in [7, 11) is 0. The first kappa shape index (κ1) is 16.7. The summed E-state index contributed by atoms with van der Waals surface area (Å²) >= 11 is 0. The lowest BCUT2D eigenvalue weighted by molar-refractivity contribution is -0.115. The van der Waals surface area contributed by atoms with Crippen LogP contribution < -0.4 is 5.32 Å². The van der Waals surface area contributed by atoms with Gasteiger partial charge in [-0.05, 0) is 18.9 Å². The Hall–Kier alpha value is -2.78. The van der Waals surface area contributed by atoms with Crippen molar-refractivity contribution in [3.05, 3.63) is 36.0 Å². The van der Waals surface area contributed by atoms with Gasteiger partial charge in [-0.2, -0.15) is 18.3 Å². The van der Waals surface area contributed by atoms with E-state index in [0.717, 1.165) is 25.0 Å². The Kier molecular flexibility index (Phi) is 3.78. The number of hydrogen-bond acceptors (Lipinski definition) is 4. The van der Waals surface area contributed by atoms with Gasteiger partial charge >= 0.3 is 6.18 Å². The van der Waals surface area contributed by atoms with Gasteiger partial charge in [0.2, 0.25) is 0 Å². The van der Waals surface area contributed by atoms with Crippen molar-refractivity contribution >= 4 is 16.9 Å². The largest absolute Gasteiger partial charge is 0.405 e. The molecule has 4 rings (SSSR count). The normalized spacial score (nSPS) is 14.8. The summed E-state index contributed by atoms with van der Waals surface area (Å²) in [6.07, 6.45) is -1.33. The van der Waals surface area contributed by atoms with Crippen molar-refractivity contribution in [2.75, 3.05) is 11.9 Å². The van der Waals surface area contributed by atoms with Gasteiger partial charge in [-0.1, -0.05) is 0 Å². The Morgan fingerprint density at radius 3 is 2.54 bits per heavy atom. The average Bonchev–Trinajstić information content (AvgIpc) is 3.35. The first-order chi connectivity index (χ1) is 12.3. The molecule has 5 nitrogen and oxygen atoms in total. The lowest BCUT2D eigenvalue weighted by Gasteiger charge is -2.10. The minimum atomic E-state index is -4.39. The topological polar surface area (TPSA) is 55.6 Å². The van der Waals surface area contributed by atoms with Gasteiger partial charge in [0, 0.05) is 23.7 Å². The van der Waals surface area contributed by atoms with Crippen molar-refractivity contribution in [3.63, 3.8) is 0 Å². The van der Waals surface area contributed by atoms with E-state index in [0.29, 0.717) is 16.9 Å². The molecule has 136 valence electrons. The smallest absolute Gasteiger partial charge is 0.360 e. The van der Waals surface area contributed by atoms with Crippen molar-refractivity contribution in [1.29, 1.82) is 0 Å². The number of aromatic nitrogens is 4. The molecule has 0 bridgehead atoms. The summed E-state index contributed by atoms with van der Waals surface area (Å²) in [4.78, 5) is 4.33. The highest BCUT2D eigenvalue weighted by Crippen LogP contribution is 2.41. The van der Waals surface area contributed by atoms with Crippen LogP contribution in [0.25, 0.3) is 22.4 Å². The SMILES string of the molecule is Fc1cc2nc(-c3cnnc(NCC(F)(F)F)c3)n(C3CC3)c2cc1F. The van der Waals surface area contributed by atoms with Gasteiger partial charge in [-0.25, -0.2) is 13.8 Å². The first-order valence-corrected chi connectivity index (χ1v) is 7.82. The van der Waals surface area contributed by atoms with Crippen molar-refractivity contribution < 1.29 is 22.0 Å². The number of alkyl halides is 3. The van der Waals surface area contributed by atoms with Crippen LogP contribution in [0.5, 0.6) is 0 Å². The van der Waals surface area contributed by atoms with E-state index in [1.54, 1.807) is 4.57 Å². The lowest BCUT2D eigenvalue weighted by Crippen LogP contribution is -2.21. The number of nitrogens with one attached hydrogen (secondary N) is 1. The maximum Gasteiger partial charge on any atom is 0.405 e. The van der Waals surface area contributed by atoms with E-state index in [2.05, 4.69) is 20.5 Å². The number of halogens is 5. The minimum absolute atomic E-state index is 0.0633. The molecule has 1 fully saturated rings. The van der Waals surface area contributed by atoms with Crippen molar-refractivity contribution in [1.82, 2.24) is 19.7 Å². The van der Waals surface area contributed by atoms with Crippen LogP contribution in [-0.2, 0) is 0 Å². The van der Waals surface area contributed by atoms with E-state index in [1.807, 2.05) is 0 Å². The van der Waals surface area contributed by atoms with Crippen LogP contribution in [0, 0.1) is 11.6 Å². The van der Waals surface area contributed by atoms with E-state index >= 15 is 0 Å². The molecule has 2 heterocycles. The van der Waals surface area contributed by atoms with Crippen molar-refractivity contribution in [3.8, 4) is 11.4 Å². The number of rotatable bonds is 4. The van der Waals surface area contributed by atoms with Gasteiger partial charge in [-0.3, -0.25) is 0 Å². The molecule has 1 aromatic carbocycles. The second-order valence-corrected chi connectivity index (χ2v) is 6.09. The number of imidazole rings is 1. The van der Waals surface area contributed by atoms with Crippen LogP contribution >= 0.6 is 0 Å². The quantitative estimate of drug-likeness (QED) is 0.704. The van der Waals surface area contributed by atoms with E-state index < -0.39 is 24.4 Å². The maximum atomic E-state index is 13.6. The highest BCUT2D eigenvalue weighted by atomic mass is 19.4. The Morgan fingerprint density at radius 2 is 1.85 bits per heavy atom. The molecule has 0 aliphatic heterocycles. The van der Waals surface area contributed by atoms with Crippen LogP contribution in [0.2, 0.25) is 0 Å². The molecule has 0 atom stereocenters. The van der Waals surface area contributed by atoms with E-state index in [-0.39, 0.29) is 17.4 Å². The molecule has 0 amide bonds. The fourth-order valence-electron chi connectivity index (χ4n) is 2.76. The zero-order valence-electron chi connectivity index (χ0n) is 13.2. The molecular weight excluding hydrogens is 357 g/mol. The Morgan fingerprint density at radius 1 is 1.12 bits per heavy atom. The third-order valence-electron chi connectivity index (χ3n) is 4.03. The van der Waals surface area contributed by atoms with Gasteiger partial charge in [0.25, 0.3) is 0 Å². The molecule has 0 spiro atoms. The molecule has 1 aliphatic rings. The molecule has 1 aliphatic carbocycles. The highest BCUT2D eigenvalue weighted by molar-refractivity contribution is 5.81. The number of anilines is 1. The average molecular weight is 369 g/mol. The Balaban J connectivity index is 1.78. The van der Waals surface area contributed by atoms with Crippen LogP contribution in [0.1, 0.15) is 18.9 Å². The van der Waals surface area contributed by atoms with Crippen LogP contribution in [-0.4, -0.2) is 32.5 Å². The molecular formula is C16H12F5N5. The third-order valence-corrected chi connectivity index (χ3v) is 4.03. The van der Waals surface area contributed by atoms with Crippen molar-refractivity contribution in [2.45, 2.75) is 25.1 Å². The second kappa shape index (κ2) is 5.89. The zero-order valence-corrected chi connectivity index (χ0v) is 13.2. The van der Waals surface area contributed by atoms with Gasteiger partial charge in [0.15, 0.2) is 11.6 Å². The molecule has 2 aromatic heterocycles. The fourth-order valence-corrected chi connectivity index (χ4v) is 2.76. The zero-order chi connectivity index (χ0) is 18.5. The molecule has 0 saturated heterocycles. The lowest BCUT2D eigenvalue weighted by atomic mass is 10.2. The standard InChI is InChI=1S/C16H12F5N5/c17-10-4-12-13(5-11(10)18)26(9-1-2-9)15(24-12)8-3-14(25-23-6-8)22-7-16(19,20)21/h3-6,9H,1-2,7H2,(H,22,25). The molecule has 3 aromatic rings. The molecule has 1 N–H and O–H groups in total. The van der Waals surface area contributed by atoms with Crippen LogP contribution in [0.4, 0.5) is 27.8 Å². The second-order valence-electron chi connectivity index (χ2n) is 6.09. The molecule has 26 heavy (non-hydrogen) atoms. The maximum absolute atomic E-state index is 13.6. The van der Waals surface area contributed by atoms with Crippen LogP contribution in [0.3, 0.4) is 0 Å². The molecule has 0 radical (unpaired) electrons. The Labute approximate surface area is 143 Å². The predicted octanol–water partition coefficient (Wildman–Crippen LogP) is 4.08. The van der Waals surface area contributed by atoms with E-state index in [9.17, 15) is 22.0 Å². The number of hydrogen-bond donors (Lipinski definition) is 1. The number of benzene rings is 1. The molecule has 10 heteroatoms. The summed E-state index contributed by atoms with van der Waals surface area (Å²) in [5.41, 5.74) is 1.11. The summed E-state index contributed by atoms with van der Waals surface area (Å²) in [6, 6.07) is 3.55. The summed E-state index contributed by atoms with van der Waals surface area (Å²) in [5.74, 6) is -1.67. The third kappa shape index (κ3) is 3.18. The highest BCUT2D eigenvalue weighted by Gasteiger charge is 2.30.